The molecule has 28 heavy (non-hydrogen) atoms. The maximum absolute atomic E-state index is 13.0. The van der Waals surface area contributed by atoms with Gasteiger partial charge in [0, 0.05) is 17.1 Å². The average Bonchev–Trinajstić information content (AvgIpc) is 3.35. The Kier molecular flexibility index (Phi) is 4.87. The maximum atomic E-state index is 13.0. The Bertz CT molecular complexity index is 1110. The fourth-order valence-electron chi connectivity index (χ4n) is 3.18. The highest BCUT2D eigenvalue weighted by Gasteiger charge is 2.31. The molecule has 0 unspecified atom stereocenters. The Labute approximate surface area is 167 Å². The molecule has 0 saturated heterocycles. The van der Waals surface area contributed by atoms with Gasteiger partial charge in [0.1, 0.15) is 5.76 Å². The minimum absolute atomic E-state index is 0.185. The van der Waals surface area contributed by atoms with Crippen molar-refractivity contribution in [2.24, 2.45) is 0 Å². The number of furan rings is 1. The molecule has 0 bridgehead atoms. The van der Waals surface area contributed by atoms with Gasteiger partial charge in [-0.1, -0.05) is 11.6 Å². The van der Waals surface area contributed by atoms with Gasteiger partial charge in [-0.05, 0) is 66.6 Å². The van der Waals surface area contributed by atoms with Gasteiger partial charge in [-0.25, -0.2) is 8.42 Å². The van der Waals surface area contributed by atoms with Crippen molar-refractivity contribution in [1.82, 2.24) is 5.32 Å². The molecule has 1 aliphatic heterocycles. The van der Waals surface area contributed by atoms with Crippen LogP contribution < -0.4 is 9.62 Å². The standard InChI is InChI=1S/C20H17ClN2O4S/c21-16-4-6-18(7-5-16)28(25,26)23-10-9-14-12-15(3-8-19(14)23)20(24)22-13-17-2-1-11-27-17/h1-8,11-12H,9-10,13H2,(H,22,24). The number of nitrogens with zero attached hydrogens (tertiary/aromatic N) is 1. The summed E-state index contributed by atoms with van der Waals surface area (Å²) < 4.78 is 32.5. The number of sulfonamides is 1. The van der Waals surface area contributed by atoms with Crippen LogP contribution in [0.4, 0.5) is 5.69 Å². The molecule has 2 aromatic carbocycles. The van der Waals surface area contributed by atoms with Crippen LogP contribution in [0.3, 0.4) is 0 Å². The van der Waals surface area contributed by atoms with E-state index in [1.54, 1.807) is 48.7 Å². The highest BCUT2D eigenvalue weighted by atomic mass is 35.5. The predicted octanol–water partition coefficient (Wildman–Crippen LogP) is 3.61. The Hall–Kier alpha value is -2.77. The molecular formula is C20H17ClN2O4S. The van der Waals surface area contributed by atoms with Crippen molar-refractivity contribution in [2.45, 2.75) is 17.9 Å². The van der Waals surface area contributed by atoms with E-state index in [1.165, 1.54) is 16.4 Å². The van der Waals surface area contributed by atoms with E-state index in [2.05, 4.69) is 5.32 Å². The molecule has 0 aliphatic carbocycles. The summed E-state index contributed by atoms with van der Waals surface area (Å²) in [7, 11) is -3.68. The molecule has 0 atom stereocenters. The lowest BCUT2D eigenvalue weighted by atomic mass is 10.1. The quantitative estimate of drug-likeness (QED) is 0.689. The van der Waals surface area contributed by atoms with Gasteiger partial charge in [0.05, 0.1) is 23.4 Å². The number of halogens is 1. The summed E-state index contributed by atoms with van der Waals surface area (Å²) in [6.45, 7) is 0.623. The van der Waals surface area contributed by atoms with E-state index in [0.717, 1.165) is 5.56 Å². The number of benzene rings is 2. The van der Waals surface area contributed by atoms with Crippen molar-refractivity contribution in [1.29, 1.82) is 0 Å². The number of rotatable bonds is 5. The van der Waals surface area contributed by atoms with Crippen molar-refractivity contribution >= 4 is 33.2 Å². The van der Waals surface area contributed by atoms with Crippen LogP contribution in [-0.4, -0.2) is 20.9 Å². The molecule has 6 nitrogen and oxygen atoms in total. The van der Waals surface area contributed by atoms with Gasteiger partial charge in [-0.3, -0.25) is 9.10 Å². The molecule has 0 spiro atoms. The van der Waals surface area contributed by atoms with Crippen LogP contribution in [0, 0.1) is 0 Å². The van der Waals surface area contributed by atoms with Gasteiger partial charge in [0.25, 0.3) is 15.9 Å². The van der Waals surface area contributed by atoms with E-state index in [1.807, 2.05) is 0 Å². The molecule has 1 aromatic heterocycles. The monoisotopic (exact) mass is 416 g/mol. The summed E-state index contributed by atoms with van der Waals surface area (Å²) in [5.74, 6) is 0.424. The van der Waals surface area contributed by atoms with Crippen molar-refractivity contribution in [3.05, 3.63) is 82.8 Å². The van der Waals surface area contributed by atoms with Gasteiger partial charge in [-0.15, -0.1) is 0 Å². The maximum Gasteiger partial charge on any atom is 0.264 e. The second kappa shape index (κ2) is 7.33. The number of nitrogens with one attached hydrogen (secondary N) is 1. The number of hydrogen-bond donors (Lipinski definition) is 1. The highest BCUT2D eigenvalue weighted by Crippen LogP contribution is 2.33. The lowest BCUT2D eigenvalue weighted by Gasteiger charge is -2.19. The molecule has 1 N–H and O–H groups in total. The van der Waals surface area contributed by atoms with Gasteiger partial charge < -0.3 is 9.73 Å². The minimum Gasteiger partial charge on any atom is -0.467 e. The summed E-state index contributed by atoms with van der Waals surface area (Å²) in [5.41, 5.74) is 1.90. The van der Waals surface area contributed by atoms with Gasteiger partial charge >= 0.3 is 0 Å². The SMILES string of the molecule is O=C(NCc1ccco1)c1ccc2c(c1)CCN2S(=O)(=O)c1ccc(Cl)cc1. The van der Waals surface area contributed by atoms with E-state index in [-0.39, 0.29) is 10.8 Å². The molecule has 8 heteroatoms. The number of carbonyl (C=O) groups excluding carboxylic acids is 1. The largest absolute Gasteiger partial charge is 0.467 e. The Morgan fingerprint density at radius 3 is 2.64 bits per heavy atom. The molecule has 1 amide bonds. The van der Waals surface area contributed by atoms with Crippen molar-refractivity contribution in [3.63, 3.8) is 0 Å². The zero-order valence-electron chi connectivity index (χ0n) is 14.8. The Balaban J connectivity index is 1.54. The molecule has 144 valence electrons. The van der Waals surface area contributed by atoms with Crippen molar-refractivity contribution in [2.75, 3.05) is 10.8 Å². The lowest BCUT2D eigenvalue weighted by molar-refractivity contribution is 0.0948. The number of amides is 1. The third-order valence-electron chi connectivity index (χ3n) is 4.60. The Morgan fingerprint density at radius 2 is 1.93 bits per heavy atom. The van der Waals surface area contributed by atoms with Crippen LogP contribution in [0.25, 0.3) is 0 Å². The highest BCUT2D eigenvalue weighted by molar-refractivity contribution is 7.92. The molecular weight excluding hydrogens is 400 g/mol. The summed E-state index contributed by atoms with van der Waals surface area (Å²) in [4.78, 5) is 12.6. The van der Waals surface area contributed by atoms with Crippen LogP contribution in [0.15, 0.2) is 70.2 Å². The average molecular weight is 417 g/mol. The first-order valence-electron chi connectivity index (χ1n) is 8.67. The summed E-state index contributed by atoms with van der Waals surface area (Å²) >= 11 is 5.86. The smallest absolute Gasteiger partial charge is 0.264 e. The van der Waals surface area contributed by atoms with Crippen LogP contribution in [0.5, 0.6) is 0 Å². The van der Waals surface area contributed by atoms with Crippen LogP contribution in [0.2, 0.25) is 5.02 Å². The molecule has 0 radical (unpaired) electrons. The van der Waals surface area contributed by atoms with Crippen LogP contribution >= 0.6 is 11.6 Å². The third kappa shape index (κ3) is 3.50. The van der Waals surface area contributed by atoms with Gasteiger partial charge in [0.2, 0.25) is 0 Å². The summed E-state index contributed by atoms with van der Waals surface area (Å²) in [6.07, 6.45) is 2.09. The molecule has 4 rings (SSSR count). The second-order valence-corrected chi connectivity index (χ2v) is 8.69. The number of hydrogen-bond acceptors (Lipinski definition) is 4. The minimum atomic E-state index is -3.68. The number of fused-ring (bicyclic) bond motifs is 1. The number of carbonyl (C=O) groups is 1. The first-order valence-corrected chi connectivity index (χ1v) is 10.5. The van der Waals surface area contributed by atoms with E-state index in [4.69, 9.17) is 16.0 Å². The first-order chi connectivity index (χ1) is 13.4. The zero-order chi connectivity index (χ0) is 19.7. The van der Waals surface area contributed by atoms with E-state index >= 15 is 0 Å². The zero-order valence-corrected chi connectivity index (χ0v) is 16.3. The van der Waals surface area contributed by atoms with Gasteiger partial charge in [0.15, 0.2) is 0 Å². The van der Waals surface area contributed by atoms with Crippen molar-refractivity contribution < 1.29 is 17.6 Å². The van der Waals surface area contributed by atoms with Crippen molar-refractivity contribution in [3.8, 4) is 0 Å². The molecule has 3 aromatic rings. The fraction of sp³-hybridized carbons (Fsp3) is 0.150. The summed E-state index contributed by atoms with van der Waals surface area (Å²) in [5, 5.41) is 3.27. The third-order valence-corrected chi connectivity index (χ3v) is 6.68. The topological polar surface area (TPSA) is 79.6 Å². The normalized spacial score (nSPS) is 13.4. The molecule has 0 saturated carbocycles. The molecule has 1 aliphatic rings. The molecule has 2 heterocycles. The van der Waals surface area contributed by atoms with Gasteiger partial charge in [-0.2, -0.15) is 0 Å². The van der Waals surface area contributed by atoms with E-state index < -0.39 is 10.0 Å². The van der Waals surface area contributed by atoms with E-state index in [9.17, 15) is 13.2 Å². The first kappa shape index (κ1) is 18.6. The van der Waals surface area contributed by atoms with Crippen LogP contribution in [-0.2, 0) is 23.0 Å². The second-order valence-electron chi connectivity index (χ2n) is 6.39. The summed E-state index contributed by atoms with van der Waals surface area (Å²) in [6, 6.07) is 14.7. The molecule has 0 fully saturated rings. The fourth-order valence-corrected chi connectivity index (χ4v) is 4.81. The lowest BCUT2D eigenvalue weighted by Crippen LogP contribution is -2.29. The predicted molar refractivity (Wildman–Crippen MR) is 106 cm³/mol. The van der Waals surface area contributed by atoms with Crippen LogP contribution in [0.1, 0.15) is 21.7 Å². The number of anilines is 1. The Morgan fingerprint density at radius 1 is 1.14 bits per heavy atom. The van der Waals surface area contributed by atoms with E-state index in [0.29, 0.717) is 41.5 Å².